The molecule has 2 aliphatic carbocycles. The fraction of sp³-hybridized carbons (Fsp3) is 0.786. The van der Waals surface area contributed by atoms with Crippen LogP contribution >= 0.6 is 0 Å². The molecule has 2 saturated carbocycles. The third-order valence-electron chi connectivity index (χ3n) is 4.86. The Bertz CT molecular complexity index is 319. The lowest BCUT2D eigenvalue weighted by molar-refractivity contribution is -0.135. The summed E-state index contributed by atoms with van der Waals surface area (Å²) in [6, 6.07) is 0. The van der Waals surface area contributed by atoms with Crippen LogP contribution in [0.15, 0.2) is 11.6 Å². The predicted octanol–water partition coefficient (Wildman–Crippen LogP) is 3.32. The van der Waals surface area contributed by atoms with Crippen LogP contribution in [-0.4, -0.2) is 13.1 Å². The van der Waals surface area contributed by atoms with Gasteiger partial charge in [-0.2, -0.15) is 0 Å². The van der Waals surface area contributed by atoms with Gasteiger partial charge in [0.25, 0.3) is 0 Å². The Kier molecular flexibility index (Phi) is 3.09. The Balaban J connectivity index is 2.13. The van der Waals surface area contributed by atoms with E-state index in [9.17, 15) is 4.79 Å². The van der Waals surface area contributed by atoms with Crippen molar-refractivity contribution >= 4 is 5.97 Å². The van der Waals surface area contributed by atoms with Crippen LogP contribution < -0.4 is 0 Å². The van der Waals surface area contributed by atoms with Crippen molar-refractivity contribution < 1.29 is 9.53 Å². The monoisotopic (exact) mass is 222 g/mol. The summed E-state index contributed by atoms with van der Waals surface area (Å²) in [5, 5.41) is 0. The number of rotatable bonds is 1. The molecule has 0 spiro atoms. The normalized spacial score (nSPS) is 40.8. The van der Waals surface area contributed by atoms with Crippen molar-refractivity contribution in [2.45, 2.75) is 46.0 Å². The molecule has 2 bridgehead atoms. The maximum atomic E-state index is 11.3. The van der Waals surface area contributed by atoms with E-state index in [0.29, 0.717) is 11.3 Å². The smallest absolute Gasteiger partial charge is 0.330 e. The molecule has 0 aromatic carbocycles. The molecule has 0 saturated heterocycles. The first-order valence-corrected chi connectivity index (χ1v) is 6.33. The average Bonchev–Trinajstić information content (AvgIpc) is 2.27. The van der Waals surface area contributed by atoms with Crippen LogP contribution in [0.25, 0.3) is 0 Å². The highest BCUT2D eigenvalue weighted by Gasteiger charge is 2.42. The Hall–Kier alpha value is -0.790. The lowest BCUT2D eigenvalue weighted by Gasteiger charge is -2.48. The number of fused-ring (bicyclic) bond motifs is 2. The molecule has 0 radical (unpaired) electrons. The minimum atomic E-state index is -0.183. The summed E-state index contributed by atoms with van der Waals surface area (Å²) >= 11 is 0. The fourth-order valence-corrected chi connectivity index (χ4v) is 3.37. The second kappa shape index (κ2) is 4.23. The molecule has 0 aromatic rings. The molecule has 0 amide bonds. The Morgan fingerprint density at radius 1 is 1.50 bits per heavy atom. The van der Waals surface area contributed by atoms with Gasteiger partial charge in [0.2, 0.25) is 0 Å². The first kappa shape index (κ1) is 11.7. The van der Waals surface area contributed by atoms with Gasteiger partial charge in [0.15, 0.2) is 0 Å². The lowest BCUT2D eigenvalue weighted by atomic mass is 9.57. The second-order valence-electron chi connectivity index (χ2n) is 5.78. The number of methoxy groups -OCH3 is 1. The summed E-state index contributed by atoms with van der Waals surface area (Å²) in [6.45, 7) is 4.80. The summed E-state index contributed by atoms with van der Waals surface area (Å²) in [6.07, 6.45) is 7.87. The Labute approximate surface area is 98.1 Å². The van der Waals surface area contributed by atoms with E-state index in [1.165, 1.54) is 38.4 Å². The third kappa shape index (κ3) is 2.02. The molecule has 0 aliphatic heterocycles. The first-order chi connectivity index (χ1) is 7.55. The van der Waals surface area contributed by atoms with Gasteiger partial charge in [0.05, 0.1) is 7.11 Å². The van der Waals surface area contributed by atoms with E-state index in [4.69, 9.17) is 4.74 Å². The van der Waals surface area contributed by atoms with E-state index in [2.05, 4.69) is 13.8 Å². The van der Waals surface area contributed by atoms with Gasteiger partial charge in [-0.25, -0.2) is 4.79 Å². The van der Waals surface area contributed by atoms with E-state index in [0.717, 1.165) is 12.3 Å². The molecule has 90 valence electrons. The largest absolute Gasteiger partial charge is 0.466 e. The van der Waals surface area contributed by atoms with Gasteiger partial charge < -0.3 is 4.74 Å². The average molecular weight is 222 g/mol. The molecule has 2 rings (SSSR count). The molecule has 2 heteroatoms. The number of carbonyl (C=O) groups is 1. The highest BCUT2D eigenvalue weighted by Crippen LogP contribution is 2.53. The van der Waals surface area contributed by atoms with Crippen molar-refractivity contribution in [3.63, 3.8) is 0 Å². The van der Waals surface area contributed by atoms with Crippen molar-refractivity contribution in [2.75, 3.05) is 7.11 Å². The Morgan fingerprint density at radius 2 is 2.25 bits per heavy atom. The van der Waals surface area contributed by atoms with Crippen LogP contribution in [0, 0.1) is 17.3 Å². The number of hydrogen-bond acceptors (Lipinski definition) is 2. The zero-order valence-corrected chi connectivity index (χ0v) is 10.6. The van der Waals surface area contributed by atoms with Crippen molar-refractivity contribution in [1.29, 1.82) is 0 Å². The van der Waals surface area contributed by atoms with Gasteiger partial charge in [-0.15, -0.1) is 0 Å². The van der Waals surface area contributed by atoms with E-state index in [1.54, 1.807) is 6.08 Å². The van der Waals surface area contributed by atoms with Gasteiger partial charge in [0.1, 0.15) is 0 Å². The van der Waals surface area contributed by atoms with Gasteiger partial charge in [-0.05, 0) is 49.4 Å². The molecule has 3 atom stereocenters. The van der Waals surface area contributed by atoms with Crippen molar-refractivity contribution in [2.24, 2.45) is 17.3 Å². The predicted molar refractivity (Wildman–Crippen MR) is 63.9 cm³/mol. The van der Waals surface area contributed by atoms with Crippen LogP contribution in [0.5, 0.6) is 0 Å². The first-order valence-electron chi connectivity index (χ1n) is 6.33. The number of ether oxygens (including phenoxy) is 1. The summed E-state index contributed by atoms with van der Waals surface area (Å²) in [4.78, 5) is 11.3. The van der Waals surface area contributed by atoms with Gasteiger partial charge in [-0.3, -0.25) is 0 Å². The van der Waals surface area contributed by atoms with E-state index in [1.807, 2.05) is 0 Å². The molecular weight excluding hydrogens is 200 g/mol. The molecule has 16 heavy (non-hydrogen) atoms. The topological polar surface area (TPSA) is 26.3 Å². The van der Waals surface area contributed by atoms with Gasteiger partial charge >= 0.3 is 5.97 Å². The van der Waals surface area contributed by atoms with Crippen LogP contribution in [0.4, 0.5) is 0 Å². The Morgan fingerprint density at radius 3 is 2.94 bits per heavy atom. The van der Waals surface area contributed by atoms with Crippen LogP contribution in [-0.2, 0) is 9.53 Å². The SMILES string of the molecule is COC(=O)/C=C1\CC[C@]2(C)C[C@H]1CC[C@@H]2C. The molecule has 2 fully saturated rings. The zero-order chi connectivity index (χ0) is 11.8. The quantitative estimate of drug-likeness (QED) is 0.502. The lowest BCUT2D eigenvalue weighted by Crippen LogP contribution is -2.37. The molecule has 0 unspecified atom stereocenters. The molecule has 2 nitrogen and oxygen atoms in total. The maximum absolute atomic E-state index is 11.3. The minimum absolute atomic E-state index is 0.183. The zero-order valence-electron chi connectivity index (χ0n) is 10.6. The number of carbonyl (C=O) groups excluding carboxylic acids is 1. The summed E-state index contributed by atoms with van der Waals surface area (Å²) in [7, 11) is 1.45. The molecule has 0 N–H and O–H groups in total. The van der Waals surface area contributed by atoms with E-state index in [-0.39, 0.29) is 5.97 Å². The number of allylic oxidation sites excluding steroid dienone is 1. The highest BCUT2D eigenvalue weighted by molar-refractivity contribution is 5.82. The summed E-state index contributed by atoms with van der Waals surface area (Å²) in [5.74, 6) is 1.29. The second-order valence-corrected chi connectivity index (χ2v) is 5.78. The van der Waals surface area contributed by atoms with E-state index < -0.39 is 0 Å². The van der Waals surface area contributed by atoms with Gasteiger partial charge in [0, 0.05) is 6.08 Å². The van der Waals surface area contributed by atoms with Gasteiger partial charge in [-0.1, -0.05) is 19.4 Å². The number of esters is 1. The van der Waals surface area contributed by atoms with Crippen LogP contribution in [0.2, 0.25) is 0 Å². The molecule has 0 heterocycles. The summed E-state index contributed by atoms with van der Waals surface area (Å²) in [5.41, 5.74) is 1.84. The molecule has 0 aromatic heterocycles. The third-order valence-corrected chi connectivity index (χ3v) is 4.86. The highest BCUT2D eigenvalue weighted by atomic mass is 16.5. The standard InChI is InChI=1S/C14H22O2/c1-10-4-5-12-9-14(10,2)7-6-11(12)8-13(15)16-3/h8,10,12H,4-7,9H2,1-3H3/b11-8+/t10-,12+,14+/m0/s1. The molecular formula is C14H22O2. The van der Waals surface area contributed by atoms with E-state index >= 15 is 0 Å². The van der Waals surface area contributed by atoms with Crippen molar-refractivity contribution in [1.82, 2.24) is 0 Å². The van der Waals surface area contributed by atoms with Crippen molar-refractivity contribution in [3.8, 4) is 0 Å². The van der Waals surface area contributed by atoms with Crippen molar-refractivity contribution in [3.05, 3.63) is 11.6 Å². The summed E-state index contributed by atoms with van der Waals surface area (Å²) < 4.78 is 4.72. The van der Waals surface area contributed by atoms with Crippen LogP contribution in [0.1, 0.15) is 46.0 Å². The molecule has 2 aliphatic rings. The van der Waals surface area contributed by atoms with Crippen LogP contribution in [0.3, 0.4) is 0 Å². The fourth-order valence-electron chi connectivity index (χ4n) is 3.37. The maximum Gasteiger partial charge on any atom is 0.330 e. The minimum Gasteiger partial charge on any atom is -0.466 e. The number of hydrogen-bond donors (Lipinski definition) is 0.